The maximum Gasteiger partial charge on any atom is 0.316 e. The second kappa shape index (κ2) is 7.17. The quantitative estimate of drug-likeness (QED) is 0.489. The Balaban J connectivity index is 1.68. The van der Waals surface area contributed by atoms with Crippen molar-refractivity contribution in [3.8, 4) is 0 Å². The Morgan fingerprint density at radius 2 is 2.04 bits per heavy atom. The third kappa shape index (κ3) is 3.75. The molecule has 3 rings (SSSR count). The molecule has 1 fully saturated rings. The summed E-state index contributed by atoms with van der Waals surface area (Å²) in [5, 5.41) is 1.12. The molecule has 122 valence electrons. The molecule has 1 saturated carbocycles. The van der Waals surface area contributed by atoms with Crippen LogP contribution in [0.25, 0.3) is 10.9 Å². The summed E-state index contributed by atoms with van der Waals surface area (Å²) in [6.45, 7) is 0. The fraction of sp³-hybridized carbons (Fsp3) is 0.471. The van der Waals surface area contributed by atoms with Crippen LogP contribution in [0.5, 0.6) is 0 Å². The first-order valence-corrected chi connectivity index (χ1v) is 8.92. The second-order valence-electron chi connectivity index (χ2n) is 5.81. The number of ether oxygens (including phenoxy) is 1. The van der Waals surface area contributed by atoms with Gasteiger partial charge in [0, 0.05) is 7.05 Å². The van der Waals surface area contributed by atoms with Crippen molar-refractivity contribution < 1.29 is 9.53 Å². The summed E-state index contributed by atoms with van der Waals surface area (Å²) >= 11 is 1.25. The zero-order valence-corrected chi connectivity index (χ0v) is 14.0. The van der Waals surface area contributed by atoms with E-state index in [4.69, 9.17) is 4.74 Å². The number of thioether (sulfide) groups is 1. The minimum Gasteiger partial charge on any atom is -0.462 e. The van der Waals surface area contributed by atoms with E-state index < -0.39 is 0 Å². The molecule has 6 heteroatoms. The molecule has 0 amide bonds. The molecular formula is C17H20N2O3S. The van der Waals surface area contributed by atoms with Crippen molar-refractivity contribution >= 4 is 28.6 Å². The van der Waals surface area contributed by atoms with Gasteiger partial charge in [-0.05, 0) is 37.8 Å². The molecule has 1 heterocycles. The smallest absolute Gasteiger partial charge is 0.316 e. The Kier molecular flexibility index (Phi) is 5.00. The van der Waals surface area contributed by atoms with Gasteiger partial charge in [0.15, 0.2) is 5.16 Å². The van der Waals surface area contributed by atoms with Crippen molar-refractivity contribution in [3.63, 3.8) is 0 Å². The standard InChI is InChI=1S/C17H20N2O3S/c1-19-16(21)13-9-5-6-10-14(13)18-17(19)23-11-15(20)22-12-7-3-2-4-8-12/h5-6,9-10,12H,2-4,7-8,11H2,1H3. The van der Waals surface area contributed by atoms with E-state index in [2.05, 4.69) is 4.98 Å². The molecule has 0 saturated heterocycles. The zero-order valence-electron chi connectivity index (χ0n) is 13.2. The lowest BCUT2D eigenvalue weighted by molar-refractivity contribution is -0.147. The number of carbonyl (C=O) groups is 1. The van der Waals surface area contributed by atoms with Crippen LogP contribution >= 0.6 is 11.8 Å². The second-order valence-corrected chi connectivity index (χ2v) is 6.76. The Morgan fingerprint density at radius 1 is 1.30 bits per heavy atom. The van der Waals surface area contributed by atoms with Crippen molar-refractivity contribution in [1.29, 1.82) is 0 Å². The SMILES string of the molecule is Cn1c(SCC(=O)OC2CCCCC2)nc2ccccc2c1=O. The maximum atomic E-state index is 12.3. The first-order chi connectivity index (χ1) is 11.1. The molecule has 0 spiro atoms. The molecule has 1 aliphatic rings. The third-order valence-corrected chi connectivity index (χ3v) is 5.11. The van der Waals surface area contributed by atoms with Gasteiger partial charge in [-0.1, -0.05) is 30.3 Å². The van der Waals surface area contributed by atoms with E-state index in [-0.39, 0.29) is 23.4 Å². The number of hydrogen-bond acceptors (Lipinski definition) is 5. The topological polar surface area (TPSA) is 61.2 Å². The molecule has 0 unspecified atom stereocenters. The van der Waals surface area contributed by atoms with E-state index in [1.807, 2.05) is 12.1 Å². The average molecular weight is 332 g/mol. The lowest BCUT2D eigenvalue weighted by Gasteiger charge is -2.21. The fourth-order valence-electron chi connectivity index (χ4n) is 2.85. The molecule has 1 aromatic carbocycles. The van der Waals surface area contributed by atoms with Crippen molar-refractivity contribution in [2.75, 3.05) is 5.75 Å². The number of carbonyl (C=O) groups excluding carboxylic acids is 1. The Bertz CT molecular complexity index is 766. The lowest BCUT2D eigenvalue weighted by Crippen LogP contribution is -2.23. The highest BCUT2D eigenvalue weighted by molar-refractivity contribution is 7.99. The monoisotopic (exact) mass is 332 g/mol. The van der Waals surface area contributed by atoms with E-state index >= 15 is 0 Å². The number of benzene rings is 1. The number of fused-ring (bicyclic) bond motifs is 1. The predicted molar refractivity (Wildman–Crippen MR) is 90.7 cm³/mol. The summed E-state index contributed by atoms with van der Waals surface area (Å²) in [5.41, 5.74) is 0.553. The van der Waals surface area contributed by atoms with Gasteiger partial charge in [0.1, 0.15) is 6.10 Å². The molecule has 2 aromatic rings. The van der Waals surface area contributed by atoms with Gasteiger partial charge in [-0.25, -0.2) is 4.98 Å². The number of aromatic nitrogens is 2. The highest BCUT2D eigenvalue weighted by Gasteiger charge is 2.18. The van der Waals surface area contributed by atoms with Crippen molar-refractivity contribution in [3.05, 3.63) is 34.6 Å². The van der Waals surface area contributed by atoms with E-state index in [1.165, 1.54) is 22.7 Å². The van der Waals surface area contributed by atoms with Gasteiger partial charge in [-0.15, -0.1) is 0 Å². The molecule has 1 aromatic heterocycles. The molecule has 0 atom stereocenters. The molecule has 0 aliphatic heterocycles. The molecule has 5 nitrogen and oxygen atoms in total. The molecule has 0 bridgehead atoms. The highest BCUT2D eigenvalue weighted by Crippen LogP contribution is 2.22. The minimum absolute atomic E-state index is 0.0604. The zero-order chi connectivity index (χ0) is 16.2. The van der Waals surface area contributed by atoms with Crippen molar-refractivity contribution in [2.24, 2.45) is 7.05 Å². The van der Waals surface area contributed by atoms with Gasteiger partial charge >= 0.3 is 5.97 Å². The molecule has 0 N–H and O–H groups in total. The van der Waals surface area contributed by atoms with Crippen LogP contribution in [0.4, 0.5) is 0 Å². The number of rotatable bonds is 4. The van der Waals surface area contributed by atoms with E-state index in [0.717, 1.165) is 25.7 Å². The average Bonchev–Trinajstić information content (AvgIpc) is 2.58. The lowest BCUT2D eigenvalue weighted by atomic mass is 9.98. The van der Waals surface area contributed by atoms with Crippen LogP contribution in [0, 0.1) is 0 Å². The number of esters is 1. The normalized spacial score (nSPS) is 15.7. The summed E-state index contributed by atoms with van der Waals surface area (Å²) in [6, 6.07) is 7.23. The van der Waals surface area contributed by atoms with Gasteiger partial charge in [0.05, 0.1) is 16.7 Å². The molecule has 23 heavy (non-hydrogen) atoms. The predicted octanol–water partition coefficient (Wildman–Crippen LogP) is 2.90. The van der Waals surface area contributed by atoms with Crippen LogP contribution in [-0.2, 0) is 16.6 Å². The largest absolute Gasteiger partial charge is 0.462 e. The molecular weight excluding hydrogens is 312 g/mol. The van der Waals surface area contributed by atoms with E-state index in [1.54, 1.807) is 19.2 Å². The number of para-hydroxylation sites is 1. The van der Waals surface area contributed by atoms with Crippen LogP contribution in [0.15, 0.2) is 34.2 Å². The van der Waals surface area contributed by atoms with Crippen LogP contribution in [0.1, 0.15) is 32.1 Å². The van der Waals surface area contributed by atoms with Crippen LogP contribution in [0.3, 0.4) is 0 Å². The van der Waals surface area contributed by atoms with E-state index in [9.17, 15) is 9.59 Å². The molecule has 1 aliphatic carbocycles. The Morgan fingerprint density at radius 3 is 2.83 bits per heavy atom. The fourth-order valence-corrected chi connectivity index (χ4v) is 3.61. The van der Waals surface area contributed by atoms with E-state index in [0.29, 0.717) is 16.1 Å². The van der Waals surface area contributed by atoms with Crippen LogP contribution < -0.4 is 5.56 Å². The minimum atomic E-state index is -0.232. The van der Waals surface area contributed by atoms with Gasteiger partial charge in [0.2, 0.25) is 0 Å². The summed E-state index contributed by atoms with van der Waals surface area (Å²) in [4.78, 5) is 28.8. The summed E-state index contributed by atoms with van der Waals surface area (Å²) in [7, 11) is 1.68. The Labute approximate surface area is 139 Å². The van der Waals surface area contributed by atoms with Gasteiger partial charge in [-0.2, -0.15) is 0 Å². The summed E-state index contributed by atoms with van der Waals surface area (Å²) in [5.74, 6) is -0.0564. The van der Waals surface area contributed by atoms with Crippen LogP contribution in [0.2, 0.25) is 0 Å². The summed E-state index contributed by atoms with van der Waals surface area (Å²) < 4.78 is 6.98. The Hall–Kier alpha value is -1.82. The van der Waals surface area contributed by atoms with Gasteiger partial charge < -0.3 is 4.74 Å². The number of nitrogens with zero attached hydrogens (tertiary/aromatic N) is 2. The number of hydrogen-bond donors (Lipinski definition) is 0. The van der Waals surface area contributed by atoms with Gasteiger partial charge in [0.25, 0.3) is 5.56 Å². The van der Waals surface area contributed by atoms with Crippen molar-refractivity contribution in [2.45, 2.75) is 43.4 Å². The van der Waals surface area contributed by atoms with Gasteiger partial charge in [-0.3, -0.25) is 14.2 Å². The maximum absolute atomic E-state index is 12.3. The summed E-state index contributed by atoms with van der Waals surface area (Å²) in [6.07, 6.45) is 5.47. The first kappa shape index (κ1) is 16.1. The third-order valence-electron chi connectivity index (χ3n) is 4.11. The van der Waals surface area contributed by atoms with Crippen molar-refractivity contribution in [1.82, 2.24) is 9.55 Å². The molecule has 0 radical (unpaired) electrons. The highest BCUT2D eigenvalue weighted by atomic mass is 32.2. The van der Waals surface area contributed by atoms with Crippen LogP contribution in [-0.4, -0.2) is 27.4 Å². The first-order valence-electron chi connectivity index (χ1n) is 7.93.